The number of carbonyl (C=O) groups is 1. The van der Waals surface area contributed by atoms with Crippen LogP contribution in [0.2, 0.25) is 0 Å². The Morgan fingerprint density at radius 1 is 1.30 bits per heavy atom. The van der Waals surface area contributed by atoms with E-state index < -0.39 is 5.97 Å². The molecule has 1 aromatic carbocycles. The molecule has 6 nitrogen and oxygen atoms in total. The summed E-state index contributed by atoms with van der Waals surface area (Å²) in [6.07, 6.45) is 3.08. The lowest BCUT2D eigenvalue weighted by atomic mass is 10.1. The highest BCUT2D eigenvalue weighted by Crippen LogP contribution is 2.23. The number of likely N-dealkylation sites (N-methyl/N-ethyl adjacent to an activating group) is 1. The highest BCUT2D eigenvalue weighted by atomic mass is 35.5. The topological polar surface area (TPSA) is 69.8 Å². The number of aliphatic carboxylic acids is 1. The minimum atomic E-state index is -0.764. The normalized spacial score (nSPS) is 18.1. The van der Waals surface area contributed by atoms with Crippen LogP contribution >= 0.6 is 12.4 Å². The molecule has 148 valence electrons. The molecule has 27 heavy (non-hydrogen) atoms. The molecule has 0 radical (unpaired) electrons. The third kappa shape index (κ3) is 5.79. The summed E-state index contributed by atoms with van der Waals surface area (Å²) < 4.78 is 5.87. The molecule has 1 unspecified atom stereocenters. The third-order valence-corrected chi connectivity index (χ3v) is 5.09. The van der Waals surface area contributed by atoms with Crippen LogP contribution in [0.5, 0.6) is 0 Å². The van der Waals surface area contributed by atoms with Crippen molar-refractivity contribution in [2.24, 2.45) is 0 Å². The molecule has 0 spiro atoms. The molecule has 1 aromatic heterocycles. The fourth-order valence-corrected chi connectivity index (χ4v) is 3.57. The van der Waals surface area contributed by atoms with Crippen LogP contribution in [-0.2, 0) is 11.3 Å². The van der Waals surface area contributed by atoms with Gasteiger partial charge < -0.3 is 9.52 Å². The Kier molecular flexibility index (Phi) is 7.83. The first kappa shape index (κ1) is 21.4. The fraction of sp³-hybridized carbons (Fsp3) is 0.500. The van der Waals surface area contributed by atoms with Gasteiger partial charge in [-0.05, 0) is 51.9 Å². The Hall–Kier alpha value is -1.89. The zero-order valence-corrected chi connectivity index (χ0v) is 16.7. The van der Waals surface area contributed by atoms with Crippen molar-refractivity contribution in [1.82, 2.24) is 14.8 Å². The highest BCUT2D eigenvalue weighted by Gasteiger charge is 2.23. The number of carboxylic acid groups (broad SMARTS) is 1. The Morgan fingerprint density at radius 3 is 2.74 bits per heavy atom. The number of nitrogens with zero attached hydrogens (tertiary/aromatic N) is 3. The second kappa shape index (κ2) is 9.88. The van der Waals surface area contributed by atoms with Gasteiger partial charge in [-0.25, -0.2) is 4.98 Å². The van der Waals surface area contributed by atoms with Crippen molar-refractivity contribution >= 4 is 18.4 Å². The average Bonchev–Trinajstić information content (AvgIpc) is 2.82. The molecule has 0 saturated carbocycles. The van der Waals surface area contributed by atoms with E-state index in [9.17, 15) is 4.79 Å². The van der Waals surface area contributed by atoms with Gasteiger partial charge in [0.1, 0.15) is 5.76 Å². The predicted molar refractivity (Wildman–Crippen MR) is 107 cm³/mol. The van der Waals surface area contributed by atoms with E-state index in [0.717, 1.165) is 55.9 Å². The zero-order chi connectivity index (χ0) is 18.5. The maximum atomic E-state index is 10.9. The molecule has 1 fully saturated rings. The summed E-state index contributed by atoms with van der Waals surface area (Å²) in [5, 5.41) is 8.99. The third-order valence-electron chi connectivity index (χ3n) is 5.09. The summed E-state index contributed by atoms with van der Waals surface area (Å²) >= 11 is 0. The smallest absolute Gasteiger partial charge is 0.317 e. The molecule has 1 aliphatic rings. The Bertz CT molecular complexity index is 735. The summed E-state index contributed by atoms with van der Waals surface area (Å²) in [5.41, 5.74) is 1.98. The minimum Gasteiger partial charge on any atom is -0.480 e. The molecule has 2 heterocycles. The molecule has 1 saturated heterocycles. The van der Waals surface area contributed by atoms with E-state index >= 15 is 0 Å². The second-order valence-corrected chi connectivity index (χ2v) is 7.06. The number of hydrogen-bond acceptors (Lipinski definition) is 5. The summed E-state index contributed by atoms with van der Waals surface area (Å²) in [6, 6.07) is 10.3. The van der Waals surface area contributed by atoms with E-state index in [-0.39, 0.29) is 19.0 Å². The van der Waals surface area contributed by atoms with Crippen LogP contribution in [0.1, 0.15) is 30.7 Å². The number of carboxylic acids is 1. The predicted octanol–water partition coefficient (Wildman–Crippen LogP) is 3.44. The van der Waals surface area contributed by atoms with Crippen LogP contribution in [0.3, 0.4) is 0 Å². The van der Waals surface area contributed by atoms with Crippen molar-refractivity contribution in [3.63, 3.8) is 0 Å². The standard InChI is InChI=1S/C20H27N3O3.ClH/c1-15-18(21-20(26-15)16-7-4-3-5-8-16)13-23-11-6-9-17(10-12-23)22(2)14-19(24)25;/h3-5,7-8,17H,6,9-14H2,1-2H3,(H,24,25);1H. The van der Waals surface area contributed by atoms with Gasteiger partial charge >= 0.3 is 5.97 Å². The summed E-state index contributed by atoms with van der Waals surface area (Å²) in [5.74, 6) is 0.778. The molecule has 7 heteroatoms. The SMILES string of the molecule is Cc1oc(-c2ccccc2)nc1CN1CCCC(N(C)CC(=O)O)CC1.Cl. The van der Waals surface area contributed by atoms with Gasteiger partial charge in [0.05, 0.1) is 12.2 Å². The molecular formula is C20H28ClN3O3. The van der Waals surface area contributed by atoms with Crippen molar-refractivity contribution in [2.45, 2.75) is 38.8 Å². The van der Waals surface area contributed by atoms with Crippen molar-refractivity contribution in [2.75, 3.05) is 26.7 Å². The van der Waals surface area contributed by atoms with E-state index in [2.05, 4.69) is 4.90 Å². The van der Waals surface area contributed by atoms with Crippen LogP contribution < -0.4 is 0 Å². The van der Waals surface area contributed by atoms with Crippen LogP contribution in [0.25, 0.3) is 11.5 Å². The van der Waals surface area contributed by atoms with Crippen LogP contribution in [-0.4, -0.2) is 58.6 Å². The highest BCUT2D eigenvalue weighted by molar-refractivity contribution is 5.85. The van der Waals surface area contributed by atoms with E-state index in [1.54, 1.807) is 0 Å². The molecule has 0 amide bonds. The molecule has 3 rings (SSSR count). The Morgan fingerprint density at radius 2 is 2.04 bits per heavy atom. The Balaban J connectivity index is 0.00000261. The lowest BCUT2D eigenvalue weighted by Gasteiger charge is -2.25. The van der Waals surface area contributed by atoms with Crippen LogP contribution in [0.15, 0.2) is 34.7 Å². The number of benzene rings is 1. The van der Waals surface area contributed by atoms with Crippen LogP contribution in [0.4, 0.5) is 0 Å². The van der Waals surface area contributed by atoms with Gasteiger partial charge in [-0.3, -0.25) is 14.6 Å². The monoisotopic (exact) mass is 393 g/mol. The van der Waals surface area contributed by atoms with Crippen LogP contribution in [0, 0.1) is 6.92 Å². The van der Waals surface area contributed by atoms with Gasteiger partial charge in [-0.2, -0.15) is 0 Å². The van der Waals surface area contributed by atoms with Crippen molar-refractivity contribution in [3.8, 4) is 11.5 Å². The molecule has 1 N–H and O–H groups in total. The summed E-state index contributed by atoms with van der Waals surface area (Å²) in [7, 11) is 1.91. The van der Waals surface area contributed by atoms with Crippen molar-refractivity contribution in [3.05, 3.63) is 41.8 Å². The summed E-state index contributed by atoms with van der Waals surface area (Å²) in [4.78, 5) is 20.0. The molecule has 0 bridgehead atoms. The molecule has 2 aromatic rings. The number of aromatic nitrogens is 1. The molecule has 0 aliphatic carbocycles. The number of halogens is 1. The number of likely N-dealkylation sites (tertiary alicyclic amines) is 1. The quantitative estimate of drug-likeness (QED) is 0.810. The number of rotatable bonds is 6. The molecular weight excluding hydrogens is 366 g/mol. The van der Waals surface area contributed by atoms with Gasteiger partial charge in [-0.1, -0.05) is 18.2 Å². The first-order valence-electron chi connectivity index (χ1n) is 9.19. The van der Waals surface area contributed by atoms with E-state index in [0.29, 0.717) is 11.9 Å². The Labute approximate surface area is 166 Å². The first-order valence-corrected chi connectivity index (χ1v) is 9.19. The van der Waals surface area contributed by atoms with Gasteiger partial charge in [0, 0.05) is 24.7 Å². The largest absolute Gasteiger partial charge is 0.480 e. The summed E-state index contributed by atoms with van der Waals surface area (Å²) in [6.45, 7) is 4.80. The fourth-order valence-electron chi connectivity index (χ4n) is 3.57. The average molecular weight is 394 g/mol. The lowest BCUT2D eigenvalue weighted by Crippen LogP contribution is -2.36. The van der Waals surface area contributed by atoms with E-state index in [4.69, 9.17) is 14.5 Å². The molecule has 1 aliphatic heterocycles. The number of aryl methyl sites for hydroxylation is 1. The minimum absolute atomic E-state index is 0. The first-order chi connectivity index (χ1) is 12.5. The van der Waals surface area contributed by atoms with Gasteiger partial charge in [-0.15, -0.1) is 12.4 Å². The lowest BCUT2D eigenvalue weighted by molar-refractivity contribution is -0.138. The van der Waals surface area contributed by atoms with E-state index in [1.807, 2.05) is 49.2 Å². The molecule has 1 atom stereocenters. The van der Waals surface area contributed by atoms with Gasteiger partial charge in [0.15, 0.2) is 0 Å². The number of oxazole rings is 1. The van der Waals surface area contributed by atoms with Gasteiger partial charge in [0.2, 0.25) is 5.89 Å². The van der Waals surface area contributed by atoms with Crippen molar-refractivity contribution in [1.29, 1.82) is 0 Å². The maximum absolute atomic E-state index is 10.9. The van der Waals surface area contributed by atoms with Crippen molar-refractivity contribution < 1.29 is 14.3 Å². The second-order valence-electron chi connectivity index (χ2n) is 7.06. The zero-order valence-electron chi connectivity index (χ0n) is 15.9. The number of hydrogen-bond donors (Lipinski definition) is 1. The van der Waals surface area contributed by atoms with E-state index in [1.165, 1.54) is 0 Å². The van der Waals surface area contributed by atoms with Gasteiger partial charge in [0.25, 0.3) is 0 Å². The maximum Gasteiger partial charge on any atom is 0.317 e.